The van der Waals surface area contributed by atoms with Gasteiger partial charge in [-0.3, -0.25) is 10.1 Å². The molecule has 0 aliphatic rings. The van der Waals surface area contributed by atoms with Crippen LogP contribution in [-0.4, -0.2) is 42.3 Å². The van der Waals surface area contributed by atoms with Crippen molar-refractivity contribution in [1.82, 2.24) is 15.3 Å². The van der Waals surface area contributed by atoms with E-state index in [1.807, 2.05) is 43.3 Å². The van der Waals surface area contributed by atoms with Crippen LogP contribution in [0.5, 0.6) is 17.2 Å². The molecule has 3 aromatic carbocycles. The van der Waals surface area contributed by atoms with Gasteiger partial charge in [-0.25, -0.2) is 4.98 Å². The molecular formula is C25H23ClN4O4S. The van der Waals surface area contributed by atoms with E-state index >= 15 is 0 Å². The summed E-state index contributed by atoms with van der Waals surface area (Å²) in [5, 5.41) is 6.49. The van der Waals surface area contributed by atoms with Crippen molar-refractivity contribution in [2.75, 3.05) is 26.6 Å². The molecule has 0 fully saturated rings. The van der Waals surface area contributed by atoms with E-state index in [2.05, 4.69) is 20.6 Å². The van der Waals surface area contributed by atoms with E-state index in [1.54, 1.807) is 12.1 Å². The van der Waals surface area contributed by atoms with Gasteiger partial charge in [-0.05, 0) is 73.2 Å². The fourth-order valence-electron chi connectivity index (χ4n) is 3.54. The van der Waals surface area contributed by atoms with E-state index in [-0.39, 0.29) is 5.11 Å². The lowest BCUT2D eigenvalue weighted by Crippen LogP contribution is -2.34. The van der Waals surface area contributed by atoms with Gasteiger partial charge >= 0.3 is 0 Å². The van der Waals surface area contributed by atoms with Crippen molar-refractivity contribution in [3.63, 3.8) is 0 Å². The molecule has 1 heterocycles. The van der Waals surface area contributed by atoms with E-state index in [0.717, 1.165) is 28.0 Å². The van der Waals surface area contributed by atoms with Gasteiger partial charge in [0.15, 0.2) is 16.6 Å². The molecule has 0 aliphatic heterocycles. The lowest BCUT2D eigenvalue weighted by molar-refractivity contribution is 0.0977. The van der Waals surface area contributed by atoms with Gasteiger partial charge in [-0.2, -0.15) is 0 Å². The Morgan fingerprint density at radius 3 is 2.26 bits per heavy atom. The van der Waals surface area contributed by atoms with Crippen molar-refractivity contribution in [1.29, 1.82) is 0 Å². The fraction of sp³-hybridized carbons (Fsp3) is 0.160. The Bertz CT molecular complexity index is 1360. The molecule has 0 spiro atoms. The molecule has 8 nitrogen and oxygen atoms in total. The zero-order valence-corrected chi connectivity index (χ0v) is 21.1. The highest BCUT2D eigenvalue weighted by atomic mass is 35.5. The summed E-state index contributed by atoms with van der Waals surface area (Å²) in [5.74, 6) is 1.44. The van der Waals surface area contributed by atoms with E-state index in [9.17, 15) is 4.79 Å². The average Bonchev–Trinajstić information content (AvgIpc) is 3.26. The first-order valence-corrected chi connectivity index (χ1v) is 11.3. The second-order valence-corrected chi connectivity index (χ2v) is 8.42. The lowest BCUT2D eigenvalue weighted by Gasteiger charge is -2.14. The lowest BCUT2D eigenvalue weighted by atomic mass is 10.1. The number of imidazole rings is 1. The predicted molar refractivity (Wildman–Crippen MR) is 141 cm³/mol. The molecule has 3 N–H and O–H groups in total. The number of amides is 1. The minimum Gasteiger partial charge on any atom is -0.493 e. The van der Waals surface area contributed by atoms with Gasteiger partial charge in [0.25, 0.3) is 5.91 Å². The number of thiocarbonyl (C=S) groups is 1. The number of anilines is 1. The van der Waals surface area contributed by atoms with Crippen molar-refractivity contribution in [3.05, 3.63) is 64.7 Å². The van der Waals surface area contributed by atoms with Gasteiger partial charge < -0.3 is 24.5 Å². The molecular weight excluding hydrogens is 488 g/mol. The topological polar surface area (TPSA) is 97.5 Å². The van der Waals surface area contributed by atoms with Gasteiger partial charge in [0.05, 0.1) is 32.4 Å². The molecule has 4 rings (SSSR count). The molecule has 0 bridgehead atoms. The molecule has 0 saturated heterocycles. The van der Waals surface area contributed by atoms with Gasteiger partial charge in [0.1, 0.15) is 5.82 Å². The second kappa shape index (κ2) is 10.2. The standard InChI is InChI=1S/C25H23ClN4O4S/c1-13-9-18-19(12-17(13)26)29-23(28-18)14-5-7-16(8-6-14)27-25(35)30-24(31)15-10-20(32-2)22(34-4)21(11-15)33-3/h5-12H,1-4H3,(H,28,29)(H2,27,30,31,35). The minimum atomic E-state index is -0.422. The van der Waals surface area contributed by atoms with Gasteiger partial charge in [0.2, 0.25) is 5.75 Å². The Balaban J connectivity index is 1.45. The van der Waals surface area contributed by atoms with Crippen LogP contribution < -0.4 is 24.8 Å². The van der Waals surface area contributed by atoms with Crippen molar-refractivity contribution < 1.29 is 19.0 Å². The number of rotatable bonds is 6. The fourth-order valence-corrected chi connectivity index (χ4v) is 3.91. The number of fused-ring (bicyclic) bond motifs is 1. The summed E-state index contributed by atoms with van der Waals surface area (Å²) in [4.78, 5) is 20.7. The predicted octanol–water partition coefficient (Wildman–Crippen LogP) is 5.34. The highest BCUT2D eigenvalue weighted by molar-refractivity contribution is 7.80. The number of benzene rings is 3. The Kier molecular flexibility index (Phi) is 7.09. The quantitative estimate of drug-likeness (QED) is 0.301. The number of aromatic amines is 1. The zero-order chi connectivity index (χ0) is 25.1. The molecule has 0 aliphatic carbocycles. The third-order valence-corrected chi connectivity index (χ3v) is 5.94. The van der Waals surface area contributed by atoms with Crippen molar-refractivity contribution in [2.45, 2.75) is 6.92 Å². The van der Waals surface area contributed by atoms with Crippen LogP contribution in [0.2, 0.25) is 5.02 Å². The molecule has 180 valence electrons. The van der Waals surface area contributed by atoms with Gasteiger partial charge in [-0.1, -0.05) is 11.6 Å². The van der Waals surface area contributed by atoms with Gasteiger partial charge in [-0.15, -0.1) is 0 Å². The van der Waals surface area contributed by atoms with Crippen molar-refractivity contribution >= 4 is 51.6 Å². The first kappa shape index (κ1) is 24.3. The molecule has 35 heavy (non-hydrogen) atoms. The molecule has 0 unspecified atom stereocenters. The number of methoxy groups -OCH3 is 3. The summed E-state index contributed by atoms with van der Waals surface area (Å²) in [6.07, 6.45) is 0. The number of halogens is 1. The number of hydrogen-bond acceptors (Lipinski definition) is 6. The SMILES string of the molecule is COc1cc(C(=O)NC(=S)Nc2ccc(-c3nc4cc(Cl)c(C)cc4[nH]3)cc2)cc(OC)c1OC. The number of aromatic nitrogens is 2. The average molecular weight is 511 g/mol. The minimum absolute atomic E-state index is 0.144. The summed E-state index contributed by atoms with van der Waals surface area (Å²) < 4.78 is 15.9. The van der Waals surface area contributed by atoms with Crippen LogP contribution in [-0.2, 0) is 0 Å². The van der Waals surface area contributed by atoms with Crippen LogP contribution in [0.1, 0.15) is 15.9 Å². The number of nitrogens with zero attached hydrogens (tertiary/aromatic N) is 1. The molecule has 1 amide bonds. The molecule has 0 saturated carbocycles. The largest absolute Gasteiger partial charge is 0.493 e. The third-order valence-electron chi connectivity index (χ3n) is 5.33. The molecule has 10 heteroatoms. The van der Waals surface area contributed by atoms with Crippen LogP contribution in [0, 0.1) is 6.92 Å². The molecule has 0 atom stereocenters. The number of ether oxygens (including phenoxy) is 3. The highest BCUT2D eigenvalue weighted by Gasteiger charge is 2.18. The second-order valence-electron chi connectivity index (χ2n) is 7.60. The molecule has 4 aromatic rings. The van der Waals surface area contributed by atoms with Crippen molar-refractivity contribution in [3.8, 4) is 28.6 Å². The zero-order valence-electron chi connectivity index (χ0n) is 19.5. The summed E-state index contributed by atoms with van der Waals surface area (Å²) in [6, 6.07) is 14.4. The van der Waals surface area contributed by atoms with E-state index in [0.29, 0.717) is 33.5 Å². The summed E-state index contributed by atoms with van der Waals surface area (Å²) in [6.45, 7) is 1.95. The van der Waals surface area contributed by atoms with Crippen LogP contribution in [0.15, 0.2) is 48.5 Å². The highest BCUT2D eigenvalue weighted by Crippen LogP contribution is 2.38. The van der Waals surface area contributed by atoms with Crippen LogP contribution >= 0.6 is 23.8 Å². The normalized spacial score (nSPS) is 10.7. The van der Waals surface area contributed by atoms with Crippen LogP contribution in [0.4, 0.5) is 5.69 Å². The first-order chi connectivity index (χ1) is 16.8. The maximum absolute atomic E-state index is 12.7. The van der Waals surface area contributed by atoms with E-state index in [1.165, 1.54) is 21.3 Å². The maximum Gasteiger partial charge on any atom is 0.257 e. The number of aryl methyl sites for hydroxylation is 1. The van der Waals surface area contributed by atoms with E-state index in [4.69, 9.17) is 38.0 Å². The van der Waals surface area contributed by atoms with Crippen LogP contribution in [0.25, 0.3) is 22.4 Å². The molecule has 1 aromatic heterocycles. The van der Waals surface area contributed by atoms with E-state index < -0.39 is 5.91 Å². The third kappa shape index (κ3) is 5.16. The van der Waals surface area contributed by atoms with Crippen LogP contribution in [0.3, 0.4) is 0 Å². The van der Waals surface area contributed by atoms with Gasteiger partial charge in [0, 0.05) is 21.8 Å². The summed E-state index contributed by atoms with van der Waals surface area (Å²) in [7, 11) is 4.46. The number of nitrogens with one attached hydrogen (secondary N) is 3. The number of carbonyl (C=O) groups excluding carboxylic acids is 1. The monoisotopic (exact) mass is 510 g/mol. The van der Waals surface area contributed by atoms with Crippen molar-refractivity contribution in [2.24, 2.45) is 0 Å². The first-order valence-electron chi connectivity index (χ1n) is 10.5. The smallest absolute Gasteiger partial charge is 0.257 e. The maximum atomic E-state index is 12.7. The summed E-state index contributed by atoms with van der Waals surface area (Å²) >= 11 is 11.5. The number of carbonyl (C=O) groups is 1. The molecule has 0 radical (unpaired) electrons. The number of H-pyrrole nitrogens is 1. The summed E-state index contributed by atoms with van der Waals surface area (Å²) in [5.41, 5.74) is 4.61. The Labute approximate surface area is 212 Å². The Hall–Kier alpha value is -3.82. The Morgan fingerprint density at radius 1 is 1.00 bits per heavy atom. The Morgan fingerprint density at radius 2 is 1.66 bits per heavy atom. The number of hydrogen-bond donors (Lipinski definition) is 3.